The maximum Gasteiger partial charge on any atom is 0.156 e. The van der Waals surface area contributed by atoms with Gasteiger partial charge in [-0.1, -0.05) is 24.6 Å². The molecule has 2 heterocycles. The average Bonchev–Trinajstić information content (AvgIpc) is 3.52. The Balaban J connectivity index is 1.40. The minimum absolute atomic E-state index is 0.0989. The third-order valence-electron chi connectivity index (χ3n) is 10.8. The van der Waals surface area contributed by atoms with Crippen molar-refractivity contribution < 1.29 is 9.53 Å². The molecule has 2 aliphatic heterocycles. The highest BCUT2D eigenvalue weighted by atomic mass is 16.5. The van der Waals surface area contributed by atoms with Crippen molar-refractivity contribution in [2.45, 2.75) is 82.7 Å². The van der Waals surface area contributed by atoms with Crippen LogP contribution in [0.25, 0.3) is 0 Å². The molecule has 0 amide bonds. The van der Waals surface area contributed by atoms with E-state index < -0.39 is 0 Å². The van der Waals surface area contributed by atoms with Crippen LogP contribution in [0.3, 0.4) is 0 Å². The Morgan fingerprint density at radius 1 is 1.09 bits per heavy atom. The standard InChI is InChI=1S/C30H37NO2/c1-29-18-25(19-5-9-27-21(16-19)11-14-31(27)2)28-23-8-6-22(32)17-20(23)4-7-24(28)26(29)10-13-30(29)12-3-15-33-30/h5,9,16-17,24-26H,3-4,6-8,10-15,18H2,1-2H3/t24-,25+,26-,29-,30-/m0/s1. The van der Waals surface area contributed by atoms with E-state index in [2.05, 4.69) is 37.1 Å². The number of anilines is 1. The van der Waals surface area contributed by atoms with Crippen LogP contribution in [-0.4, -0.2) is 31.6 Å². The van der Waals surface area contributed by atoms with Gasteiger partial charge in [-0.05, 0) is 104 Å². The van der Waals surface area contributed by atoms with E-state index in [9.17, 15) is 4.79 Å². The van der Waals surface area contributed by atoms with E-state index >= 15 is 0 Å². The monoisotopic (exact) mass is 443 g/mol. The molecule has 1 aromatic rings. The molecule has 2 saturated carbocycles. The highest BCUT2D eigenvalue weighted by molar-refractivity contribution is 5.93. The number of carbonyl (C=O) groups is 1. The van der Waals surface area contributed by atoms with Crippen molar-refractivity contribution in [2.75, 3.05) is 25.1 Å². The maximum atomic E-state index is 12.3. The Kier molecular flexibility index (Phi) is 4.39. The molecular formula is C30H37NO2. The molecule has 1 aromatic carbocycles. The van der Waals surface area contributed by atoms with Crippen LogP contribution in [0, 0.1) is 17.3 Å². The van der Waals surface area contributed by atoms with E-state index in [1.807, 2.05) is 6.08 Å². The van der Waals surface area contributed by atoms with Crippen molar-refractivity contribution in [3.8, 4) is 0 Å². The van der Waals surface area contributed by atoms with Gasteiger partial charge >= 0.3 is 0 Å². The summed E-state index contributed by atoms with van der Waals surface area (Å²) >= 11 is 0. The highest BCUT2D eigenvalue weighted by Crippen LogP contribution is 2.69. The van der Waals surface area contributed by atoms with E-state index in [1.165, 1.54) is 60.9 Å². The molecule has 3 fully saturated rings. The van der Waals surface area contributed by atoms with Gasteiger partial charge < -0.3 is 9.64 Å². The lowest BCUT2D eigenvalue weighted by Gasteiger charge is -2.55. The van der Waals surface area contributed by atoms with Crippen molar-refractivity contribution in [2.24, 2.45) is 17.3 Å². The van der Waals surface area contributed by atoms with Gasteiger partial charge in [-0.3, -0.25) is 4.79 Å². The third-order valence-corrected chi connectivity index (χ3v) is 10.8. The molecule has 3 nitrogen and oxygen atoms in total. The number of ether oxygens (including phenoxy) is 1. The first-order valence-electron chi connectivity index (χ1n) is 13.4. The number of allylic oxidation sites excluding steroid dienone is 4. The summed E-state index contributed by atoms with van der Waals surface area (Å²) in [6.07, 6.45) is 13.4. The quantitative estimate of drug-likeness (QED) is 0.523. The fourth-order valence-corrected chi connectivity index (χ4v) is 9.19. The summed E-state index contributed by atoms with van der Waals surface area (Å²) in [7, 11) is 2.22. The van der Waals surface area contributed by atoms with Crippen molar-refractivity contribution in [3.63, 3.8) is 0 Å². The summed E-state index contributed by atoms with van der Waals surface area (Å²) < 4.78 is 6.67. The fourth-order valence-electron chi connectivity index (χ4n) is 9.19. The number of nitrogens with zero attached hydrogens (tertiary/aromatic N) is 1. The minimum Gasteiger partial charge on any atom is -0.374 e. The number of rotatable bonds is 1. The number of fused-ring (bicyclic) bond motifs is 6. The van der Waals surface area contributed by atoms with Crippen molar-refractivity contribution >= 4 is 11.5 Å². The summed E-state index contributed by atoms with van der Waals surface area (Å²) in [5.41, 5.74) is 9.48. The van der Waals surface area contributed by atoms with E-state index in [0.717, 1.165) is 38.3 Å². The number of benzene rings is 1. The summed E-state index contributed by atoms with van der Waals surface area (Å²) in [6, 6.07) is 7.36. The molecule has 3 heteroatoms. The minimum atomic E-state index is 0.0989. The number of ketones is 1. The smallest absolute Gasteiger partial charge is 0.156 e. The number of hydrogen-bond donors (Lipinski definition) is 0. The first-order chi connectivity index (χ1) is 16.0. The van der Waals surface area contributed by atoms with Crippen LogP contribution in [0.4, 0.5) is 5.69 Å². The van der Waals surface area contributed by atoms with E-state index in [-0.39, 0.29) is 11.0 Å². The molecule has 4 aliphatic carbocycles. The predicted molar refractivity (Wildman–Crippen MR) is 132 cm³/mol. The molecule has 0 bridgehead atoms. The van der Waals surface area contributed by atoms with Gasteiger partial charge in [0, 0.05) is 43.6 Å². The van der Waals surface area contributed by atoms with E-state index in [1.54, 1.807) is 11.1 Å². The van der Waals surface area contributed by atoms with Gasteiger partial charge in [0.05, 0.1) is 5.60 Å². The topological polar surface area (TPSA) is 29.5 Å². The number of hydrogen-bond acceptors (Lipinski definition) is 3. The zero-order chi connectivity index (χ0) is 22.4. The Hall–Kier alpha value is -1.87. The largest absolute Gasteiger partial charge is 0.374 e. The Labute approximate surface area is 198 Å². The third kappa shape index (κ3) is 2.75. The lowest BCUT2D eigenvalue weighted by atomic mass is 9.51. The van der Waals surface area contributed by atoms with Gasteiger partial charge in [0.25, 0.3) is 0 Å². The van der Waals surface area contributed by atoms with E-state index in [0.29, 0.717) is 24.0 Å². The molecule has 0 radical (unpaired) electrons. The van der Waals surface area contributed by atoms with Crippen LogP contribution in [0.2, 0.25) is 0 Å². The number of carbonyl (C=O) groups excluding carboxylic acids is 1. The molecule has 1 saturated heterocycles. The summed E-state index contributed by atoms with van der Waals surface area (Å²) in [6.45, 7) is 4.68. The summed E-state index contributed by atoms with van der Waals surface area (Å²) in [5, 5.41) is 0. The fraction of sp³-hybridized carbons (Fsp3) is 0.633. The molecule has 1 spiro atoms. The van der Waals surface area contributed by atoms with Crippen LogP contribution in [0.15, 0.2) is 41.0 Å². The van der Waals surface area contributed by atoms with Gasteiger partial charge in [0.1, 0.15) is 0 Å². The Bertz CT molecular complexity index is 1090. The van der Waals surface area contributed by atoms with E-state index in [4.69, 9.17) is 4.74 Å². The van der Waals surface area contributed by atoms with Gasteiger partial charge in [0.15, 0.2) is 5.78 Å². The summed E-state index contributed by atoms with van der Waals surface area (Å²) in [5.74, 6) is 2.20. The van der Waals surface area contributed by atoms with Gasteiger partial charge in [-0.2, -0.15) is 0 Å². The number of likely N-dealkylation sites (N-methyl/N-ethyl adjacent to an activating group) is 1. The molecule has 33 heavy (non-hydrogen) atoms. The van der Waals surface area contributed by atoms with Gasteiger partial charge in [-0.15, -0.1) is 0 Å². The Morgan fingerprint density at radius 2 is 2.00 bits per heavy atom. The first-order valence-corrected chi connectivity index (χ1v) is 13.4. The second-order valence-electron chi connectivity index (χ2n) is 12.0. The van der Waals surface area contributed by atoms with Gasteiger partial charge in [0.2, 0.25) is 0 Å². The Morgan fingerprint density at radius 3 is 2.85 bits per heavy atom. The lowest BCUT2D eigenvalue weighted by Crippen LogP contribution is -2.51. The van der Waals surface area contributed by atoms with Crippen LogP contribution >= 0.6 is 0 Å². The molecule has 0 aromatic heterocycles. The molecule has 7 rings (SSSR count). The average molecular weight is 444 g/mol. The van der Waals surface area contributed by atoms with Crippen LogP contribution in [-0.2, 0) is 16.0 Å². The maximum absolute atomic E-state index is 12.3. The second kappa shape index (κ2) is 7.07. The first kappa shape index (κ1) is 20.5. The van der Waals surface area contributed by atoms with Crippen molar-refractivity contribution in [1.29, 1.82) is 0 Å². The predicted octanol–water partition coefficient (Wildman–Crippen LogP) is 6.13. The van der Waals surface area contributed by atoms with Crippen molar-refractivity contribution in [3.05, 3.63) is 52.1 Å². The molecule has 174 valence electrons. The van der Waals surface area contributed by atoms with Crippen molar-refractivity contribution in [1.82, 2.24) is 0 Å². The zero-order valence-electron chi connectivity index (χ0n) is 20.3. The second-order valence-corrected chi connectivity index (χ2v) is 12.0. The molecule has 0 unspecified atom stereocenters. The molecule has 0 N–H and O–H groups in total. The molecule has 6 aliphatic rings. The summed E-state index contributed by atoms with van der Waals surface area (Å²) in [4.78, 5) is 14.7. The van der Waals surface area contributed by atoms with Crippen LogP contribution in [0.5, 0.6) is 0 Å². The van der Waals surface area contributed by atoms with Crippen LogP contribution < -0.4 is 4.90 Å². The lowest BCUT2D eigenvalue weighted by molar-refractivity contribution is -0.114. The molecular weight excluding hydrogens is 406 g/mol. The van der Waals surface area contributed by atoms with Crippen LogP contribution in [0.1, 0.15) is 81.8 Å². The normalized spacial score (nSPS) is 39.5. The highest BCUT2D eigenvalue weighted by Gasteiger charge is 2.64. The van der Waals surface area contributed by atoms with Gasteiger partial charge in [-0.25, -0.2) is 0 Å². The SMILES string of the molecule is CN1CCc2cc([C@H]3C[C@@]4(C)[C@@H](CC[C@@]45CCCO5)[C@@H]4CCC5=CC(=O)CCC5=C43)ccc21. The zero-order valence-corrected chi connectivity index (χ0v) is 20.3. The molecule has 5 atom stereocenters.